The van der Waals surface area contributed by atoms with Crippen molar-refractivity contribution >= 4 is 21.6 Å². The fourth-order valence-electron chi connectivity index (χ4n) is 1.60. The van der Waals surface area contributed by atoms with Crippen LogP contribution in [0.4, 0.5) is 10.1 Å². The lowest BCUT2D eigenvalue weighted by Crippen LogP contribution is -2.00. The molecule has 2 nitrogen and oxygen atoms in total. The molecule has 0 saturated carbocycles. The van der Waals surface area contributed by atoms with E-state index in [4.69, 9.17) is 4.42 Å². The molecule has 1 N–H and O–H groups in total. The van der Waals surface area contributed by atoms with E-state index in [-0.39, 0.29) is 5.82 Å². The maximum atomic E-state index is 13.4. The van der Waals surface area contributed by atoms with Crippen LogP contribution in [0.3, 0.4) is 0 Å². The van der Waals surface area contributed by atoms with E-state index in [1.807, 2.05) is 26.0 Å². The third-order valence-electron chi connectivity index (χ3n) is 2.52. The first-order valence-corrected chi connectivity index (χ1v) is 6.10. The maximum absolute atomic E-state index is 13.4. The van der Waals surface area contributed by atoms with Crippen LogP contribution < -0.4 is 5.32 Å². The third kappa shape index (κ3) is 2.88. The molecule has 0 aliphatic carbocycles. The van der Waals surface area contributed by atoms with Crippen LogP contribution in [0.5, 0.6) is 0 Å². The normalized spacial score (nSPS) is 10.6. The predicted octanol–water partition coefficient (Wildman–Crippen LogP) is 4.41. The summed E-state index contributed by atoms with van der Waals surface area (Å²) >= 11 is 3.16. The summed E-state index contributed by atoms with van der Waals surface area (Å²) in [5.41, 5.74) is 1.77. The Balaban J connectivity index is 2.11. The molecule has 1 aromatic heterocycles. The summed E-state index contributed by atoms with van der Waals surface area (Å²) in [7, 11) is 0. The van der Waals surface area contributed by atoms with Gasteiger partial charge in [0, 0.05) is 5.69 Å². The third-order valence-corrected chi connectivity index (χ3v) is 3.12. The summed E-state index contributed by atoms with van der Waals surface area (Å²) in [5, 5.41) is 3.16. The van der Waals surface area contributed by atoms with Gasteiger partial charge in [0.25, 0.3) is 0 Å². The molecule has 0 aliphatic rings. The molecule has 1 heterocycles. The molecule has 0 unspecified atom stereocenters. The molecule has 0 amide bonds. The molecule has 0 radical (unpaired) electrons. The molecule has 17 heavy (non-hydrogen) atoms. The van der Waals surface area contributed by atoms with Crippen LogP contribution in [-0.2, 0) is 6.54 Å². The minimum absolute atomic E-state index is 0.270. The van der Waals surface area contributed by atoms with E-state index in [1.165, 1.54) is 6.07 Å². The van der Waals surface area contributed by atoms with Crippen molar-refractivity contribution in [1.29, 1.82) is 0 Å². The van der Waals surface area contributed by atoms with Crippen LogP contribution in [0.15, 0.2) is 33.2 Å². The van der Waals surface area contributed by atoms with Crippen molar-refractivity contribution in [2.75, 3.05) is 5.32 Å². The van der Waals surface area contributed by atoms with Crippen LogP contribution >= 0.6 is 15.9 Å². The number of halogens is 2. The molecule has 0 bridgehead atoms. The summed E-state index contributed by atoms with van der Waals surface area (Å²) in [6, 6.07) is 7.05. The van der Waals surface area contributed by atoms with Crippen molar-refractivity contribution in [3.05, 3.63) is 51.6 Å². The number of furan rings is 1. The Hall–Kier alpha value is -1.29. The van der Waals surface area contributed by atoms with Crippen molar-refractivity contribution in [1.82, 2.24) is 0 Å². The monoisotopic (exact) mass is 297 g/mol. The highest BCUT2D eigenvalue weighted by Crippen LogP contribution is 2.24. The fourth-order valence-corrected chi connectivity index (χ4v) is 2.06. The molecule has 2 aromatic rings. The number of benzene rings is 1. The van der Waals surface area contributed by atoms with Gasteiger partial charge in [-0.3, -0.25) is 0 Å². The van der Waals surface area contributed by atoms with Crippen LogP contribution in [0.25, 0.3) is 0 Å². The minimum Gasteiger partial charge on any atom is -0.465 e. The smallest absolute Gasteiger partial charge is 0.139 e. The number of hydrogen-bond donors (Lipinski definition) is 1. The second-order valence-electron chi connectivity index (χ2n) is 3.95. The number of aryl methyl sites for hydroxylation is 2. The number of rotatable bonds is 3. The van der Waals surface area contributed by atoms with Crippen molar-refractivity contribution < 1.29 is 8.81 Å². The van der Waals surface area contributed by atoms with E-state index < -0.39 is 0 Å². The summed E-state index contributed by atoms with van der Waals surface area (Å²) in [4.78, 5) is 0. The van der Waals surface area contributed by atoms with Gasteiger partial charge in [-0.2, -0.15) is 0 Å². The van der Waals surface area contributed by atoms with Crippen molar-refractivity contribution in [2.24, 2.45) is 0 Å². The van der Waals surface area contributed by atoms with Crippen LogP contribution in [0, 0.1) is 19.7 Å². The molecule has 0 atom stereocenters. The predicted molar refractivity (Wildman–Crippen MR) is 69.6 cm³/mol. The lowest BCUT2D eigenvalue weighted by molar-refractivity contribution is 0.490. The second kappa shape index (κ2) is 4.92. The zero-order valence-electron chi connectivity index (χ0n) is 9.68. The van der Waals surface area contributed by atoms with E-state index in [2.05, 4.69) is 21.2 Å². The van der Waals surface area contributed by atoms with Crippen molar-refractivity contribution in [3.63, 3.8) is 0 Å². The average Bonchev–Trinajstić information content (AvgIpc) is 2.68. The van der Waals surface area contributed by atoms with Gasteiger partial charge < -0.3 is 9.73 Å². The van der Waals surface area contributed by atoms with Crippen LogP contribution in [0.2, 0.25) is 0 Å². The van der Waals surface area contributed by atoms with Gasteiger partial charge in [-0.25, -0.2) is 4.39 Å². The van der Waals surface area contributed by atoms with Gasteiger partial charge in [-0.1, -0.05) is 0 Å². The van der Waals surface area contributed by atoms with Gasteiger partial charge in [0.05, 0.1) is 11.0 Å². The van der Waals surface area contributed by atoms with E-state index in [0.29, 0.717) is 11.0 Å². The zero-order chi connectivity index (χ0) is 12.4. The van der Waals surface area contributed by atoms with E-state index in [0.717, 1.165) is 22.8 Å². The van der Waals surface area contributed by atoms with E-state index in [1.54, 1.807) is 6.07 Å². The van der Waals surface area contributed by atoms with Crippen LogP contribution in [-0.4, -0.2) is 0 Å². The Kier molecular flexibility index (Phi) is 3.52. The molecule has 2 rings (SSSR count). The topological polar surface area (TPSA) is 25.2 Å². The van der Waals surface area contributed by atoms with Gasteiger partial charge in [0.2, 0.25) is 0 Å². The summed E-state index contributed by atoms with van der Waals surface area (Å²) < 4.78 is 19.3. The molecule has 4 heteroatoms. The number of anilines is 1. The molecular weight excluding hydrogens is 285 g/mol. The summed E-state index contributed by atoms with van der Waals surface area (Å²) in [6.45, 7) is 4.38. The Labute approximate surface area is 108 Å². The fraction of sp³-hybridized carbons (Fsp3) is 0.231. The largest absolute Gasteiger partial charge is 0.465 e. The van der Waals surface area contributed by atoms with Gasteiger partial charge in [0.15, 0.2) is 0 Å². The SMILES string of the molecule is Cc1ccc(CNc2cc(F)c(Br)cc2C)o1. The summed E-state index contributed by atoms with van der Waals surface area (Å²) in [5.74, 6) is 1.44. The lowest BCUT2D eigenvalue weighted by Gasteiger charge is -2.09. The lowest BCUT2D eigenvalue weighted by atomic mass is 10.2. The molecule has 1 aromatic carbocycles. The van der Waals surface area contributed by atoms with Gasteiger partial charge >= 0.3 is 0 Å². The first-order chi connectivity index (χ1) is 8.06. The van der Waals surface area contributed by atoms with Gasteiger partial charge in [-0.05, 0) is 59.6 Å². The Bertz CT molecular complexity index is 536. The average molecular weight is 298 g/mol. The Morgan fingerprint density at radius 1 is 1.29 bits per heavy atom. The molecular formula is C13H13BrFNO. The van der Waals surface area contributed by atoms with Crippen molar-refractivity contribution in [3.8, 4) is 0 Å². The number of hydrogen-bond acceptors (Lipinski definition) is 2. The first-order valence-electron chi connectivity index (χ1n) is 5.31. The van der Waals surface area contributed by atoms with Gasteiger partial charge in [-0.15, -0.1) is 0 Å². The second-order valence-corrected chi connectivity index (χ2v) is 4.80. The molecule has 0 spiro atoms. The first kappa shape index (κ1) is 12.2. The molecule has 0 saturated heterocycles. The standard InChI is InChI=1S/C13H13BrFNO/c1-8-5-11(14)12(15)6-13(8)16-7-10-4-3-9(2)17-10/h3-6,16H,7H2,1-2H3. The molecule has 90 valence electrons. The zero-order valence-corrected chi connectivity index (χ0v) is 11.3. The van der Waals surface area contributed by atoms with E-state index in [9.17, 15) is 4.39 Å². The van der Waals surface area contributed by atoms with E-state index >= 15 is 0 Å². The quantitative estimate of drug-likeness (QED) is 0.908. The minimum atomic E-state index is -0.270. The maximum Gasteiger partial charge on any atom is 0.139 e. The van der Waals surface area contributed by atoms with Crippen LogP contribution in [0.1, 0.15) is 17.1 Å². The highest BCUT2D eigenvalue weighted by molar-refractivity contribution is 9.10. The highest BCUT2D eigenvalue weighted by Gasteiger charge is 2.06. The Morgan fingerprint density at radius 2 is 2.06 bits per heavy atom. The molecule has 0 fully saturated rings. The number of nitrogens with one attached hydrogen (secondary N) is 1. The van der Waals surface area contributed by atoms with Crippen molar-refractivity contribution in [2.45, 2.75) is 20.4 Å². The Morgan fingerprint density at radius 3 is 2.71 bits per heavy atom. The van der Waals surface area contributed by atoms with Gasteiger partial charge in [0.1, 0.15) is 17.3 Å². The molecule has 0 aliphatic heterocycles. The highest BCUT2D eigenvalue weighted by atomic mass is 79.9. The summed E-state index contributed by atoms with van der Waals surface area (Å²) in [6.07, 6.45) is 0.